The summed E-state index contributed by atoms with van der Waals surface area (Å²) in [5, 5.41) is 32.3. The Hall–Kier alpha value is -4.08. The average Bonchev–Trinajstić information content (AvgIpc) is 3.02. The van der Waals surface area contributed by atoms with E-state index in [1.54, 1.807) is 12.1 Å². The molecule has 0 unspecified atom stereocenters. The zero-order chi connectivity index (χ0) is 20.4. The van der Waals surface area contributed by atoms with Crippen molar-refractivity contribution in [2.24, 2.45) is 0 Å². The topological polar surface area (TPSA) is 148 Å². The SMILES string of the molecule is COc1cc(OCc2ccccc2)nn2c(C(=O)O)c(C(=O)O)c(C(=O)O)c12. The number of hydrogen-bond acceptors (Lipinski definition) is 6. The molecule has 0 spiro atoms. The number of rotatable bonds is 7. The van der Waals surface area contributed by atoms with Crippen LogP contribution in [0.15, 0.2) is 36.4 Å². The molecule has 3 aromatic rings. The first-order valence-electron chi connectivity index (χ1n) is 7.85. The van der Waals surface area contributed by atoms with Crippen molar-refractivity contribution < 1.29 is 39.2 Å². The minimum atomic E-state index is -1.71. The molecule has 1 aromatic carbocycles. The fraction of sp³-hybridized carbons (Fsp3) is 0.111. The van der Waals surface area contributed by atoms with Crippen molar-refractivity contribution in [3.63, 3.8) is 0 Å². The summed E-state index contributed by atoms with van der Waals surface area (Å²) in [5.74, 6) is -5.16. The van der Waals surface area contributed by atoms with Gasteiger partial charge in [0.25, 0.3) is 0 Å². The van der Waals surface area contributed by atoms with E-state index in [9.17, 15) is 29.7 Å². The van der Waals surface area contributed by atoms with Crippen LogP contribution in [0.3, 0.4) is 0 Å². The fourth-order valence-corrected chi connectivity index (χ4v) is 2.77. The van der Waals surface area contributed by atoms with Gasteiger partial charge in [0, 0.05) is 6.07 Å². The van der Waals surface area contributed by atoms with Crippen LogP contribution in [0.25, 0.3) is 5.52 Å². The van der Waals surface area contributed by atoms with Gasteiger partial charge >= 0.3 is 17.9 Å². The number of fused-ring (bicyclic) bond motifs is 1. The van der Waals surface area contributed by atoms with Gasteiger partial charge in [0.05, 0.1) is 7.11 Å². The first kappa shape index (κ1) is 18.7. The maximum Gasteiger partial charge on any atom is 0.355 e. The fourth-order valence-electron chi connectivity index (χ4n) is 2.77. The molecular weight excluding hydrogens is 372 g/mol. The summed E-state index contributed by atoms with van der Waals surface area (Å²) in [5.41, 5.74) is -1.93. The standard InChI is InChI=1S/C18H14N2O8/c1-27-10-7-11(28-8-9-5-3-2-4-6-9)19-20-14(10)12(16(21)22)13(17(23)24)15(20)18(25)26/h2-7H,8H2,1H3,(H,21,22)(H,23,24)(H,25,26). The highest BCUT2D eigenvalue weighted by Crippen LogP contribution is 2.33. The Balaban J connectivity index is 2.23. The third-order valence-electron chi connectivity index (χ3n) is 3.91. The van der Waals surface area contributed by atoms with Crippen molar-refractivity contribution >= 4 is 23.4 Å². The van der Waals surface area contributed by atoms with E-state index < -0.39 is 34.7 Å². The third-order valence-corrected chi connectivity index (χ3v) is 3.91. The van der Waals surface area contributed by atoms with Crippen molar-refractivity contribution in [2.45, 2.75) is 6.61 Å². The van der Waals surface area contributed by atoms with Crippen LogP contribution in [0.2, 0.25) is 0 Å². The second kappa shape index (κ2) is 7.27. The van der Waals surface area contributed by atoms with Gasteiger partial charge in [-0.05, 0) is 5.56 Å². The van der Waals surface area contributed by atoms with Crippen LogP contribution in [0, 0.1) is 0 Å². The van der Waals surface area contributed by atoms with E-state index in [0.717, 1.165) is 5.56 Å². The Morgan fingerprint density at radius 3 is 2.18 bits per heavy atom. The van der Waals surface area contributed by atoms with Gasteiger partial charge in [-0.3, -0.25) is 0 Å². The molecule has 10 nitrogen and oxygen atoms in total. The predicted octanol–water partition coefficient (Wildman–Crippen LogP) is 2.02. The lowest BCUT2D eigenvalue weighted by molar-refractivity contribution is 0.0633. The third kappa shape index (κ3) is 3.18. The summed E-state index contributed by atoms with van der Waals surface area (Å²) >= 11 is 0. The number of aromatic nitrogens is 2. The van der Waals surface area contributed by atoms with E-state index in [0.29, 0.717) is 4.52 Å². The second-order valence-electron chi connectivity index (χ2n) is 5.60. The van der Waals surface area contributed by atoms with E-state index in [-0.39, 0.29) is 23.8 Å². The molecule has 2 heterocycles. The van der Waals surface area contributed by atoms with Gasteiger partial charge in [0.2, 0.25) is 5.88 Å². The van der Waals surface area contributed by atoms with Crippen molar-refractivity contribution in [3.05, 3.63) is 58.8 Å². The number of methoxy groups -OCH3 is 1. The van der Waals surface area contributed by atoms with Gasteiger partial charge in [0.15, 0.2) is 11.4 Å². The minimum absolute atomic E-state index is 0.0698. The minimum Gasteiger partial charge on any atom is -0.494 e. The number of carbonyl (C=O) groups is 3. The molecule has 0 bridgehead atoms. The molecule has 0 fully saturated rings. The number of benzene rings is 1. The molecule has 144 valence electrons. The van der Waals surface area contributed by atoms with Gasteiger partial charge in [-0.15, -0.1) is 5.10 Å². The van der Waals surface area contributed by atoms with E-state index in [2.05, 4.69) is 5.10 Å². The van der Waals surface area contributed by atoms with Gasteiger partial charge in [0.1, 0.15) is 23.3 Å². The number of nitrogens with zero attached hydrogens (tertiary/aromatic N) is 2. The van der Waals surface area contributed by atoms with E-state index in [1.165, 1.54) is 13.2 Å². The maximum atomic E-state index is 11.7. The van der Waals surface area contributed by atoms with Crippen LogP contribution >= 0.6 is 0 Å². The molecule has 0 aliphatic rings. The highest BCUT2D eigenvalue weighted by Gasteiger charge is 2.34. The Morgan fingerprint density at radius 1 is 1.00 bits per heavy atom. The summed E-state index contributed by atoms with van der Waals surface area (Å²) in [6, 6.07) is 10.3. The van der Waals surface area contributed by atoms with Crippen molar-refractivity contribution in [1.82, 2.24) is 9.61 Å². The van der Waals surface area contributed by atoms with Gasteiger partial charge in [-0.2, -0.15) is 0 Å². The number of carboxylic acid groups (broad SMARTS) is 3. The summed E-state index contributed by atoms with van der Waals surface area (Å²) < 4.78 is 11.4. The van der Waals surface area contributed by atoms with E-state index in [1.807, 2.05) is 18.2 Å². The zero-order valence-corrected chi connectivity index (χ0v) is 14.4. The molecule has 0 aliphatic carbocycles. The average molecular weight is 386 g/mol. The van der Waals surface area contributed by atoms with Crippen LogP contribution < -0.4 is 9.47 Å². The van der Waals surface area contributed by atoms with E-state index in [4.69, 9.17) is 9.47 Å². The van der Waals surface area contributed by atoms with Crippen LogP contribution in [-0.2, 0) is 6.61 Å². The number of ether oxygens (including phenoxy) is 2. The second-order valence-corrected chi connectivity index (χ2v) is 5.60. The lowest BCUT2D eigenvalue weighted by atomic mass is 10.1. The lowest BCUT2D eigenvalue weighted by Crippen LogP contribution is -2.12. The van der Waals surface area contributed by atoms with E-state index >= 15 is 0 Å². The quantitative estimate of drug-likeness (QED) is 0.554. The molecule has 0 atom stereocenters. The van der Waals surface area contributed by atoms with Crippen LogP contribution in [-0.4, -0.2) is 50.0 Å². The molecule has 2 aromatic heterocycles. The molecule has 3 rings (SSSR count). The van der Waals surface area contributed by atoms with Crippen molar-refractivity contribution in [2.75, 3.05) is 7.11 Å². The van der Waals surface area contributed by atoms with Crippen molar-refractivity contribution in [3.8, 4) is 11.6 Å². The Kier molecular flexibility index (Phi) is 4.86. The summed E-state index contributed by atoms with van der Waals surface area (Å²) in [6.45, 7) is 0.101. The number of aromatic carboxylic acids is 3. The molecule has 3 N–H and O–H groups in total. The zero-order valence-electron chi connectivity index (χ0n) is 14.4. The summed E-state index contributed by atoms with van der Waals surface area (Å²) in [6.07, 6.45) is 0. The normalized spacial score (nSPS) is 10.6. The lowest BCUT2D eigenvalue weighted by Gasteiger charge is -2.10. The highest BCUT2D eigenvalue weighted by molar-refractivity contribution is 6.14. The largest absolute Gasteiger partial charge is 0.494 e. The van der Waals surface area contributed by atoms with Crippen molar-refractivity contribution in [1.29, 1.82) is 0 Å². The molecule has 0 saturated heterocycles. The maximum absolute atomic E-state index is 11.7. The molecule has 10 heteroatoms. The van der Waals surface area contributed by atoms with Gasteiger partial charge < -0.3 is 24.8 Å². The first-order chi connectivity index (χ1) is 13.3. The monoisotopic (exact) mass is 386 g/mol. The Labute approximate surface area is 157 Å². The molecule has 0 radical (unpaired) electrons. The molecule has 28 heavy (non-hydrogen) atoms. The molecular formula is C18H14N2O8. The van der Waals surface area contributed by atoms with Gasteiger partial charge in [-0.1, -0.05) is 30.3 Å². The predicted molar refractivity (Wildman–Crippen MR) is 93.4 cm³/mol. The number of carboxylic acids is 3. The molecule has 0 amide bonds. The Bertz CT molecular complexity index is 1090. The summed E-state index contributed by atoms with van der Waals surface area (Å²) in [4.78, 5) is 34.9. The van der Waals surface area contributed by atoms with Crippen LogP contribution in [0.4, 0.5) is 0 Å². The van der Waals surface area contributed by atoms with Crippen LogP contribution in [0.5, 0.6) is 11.6 Å². The highest BCUT2D eigenvalue weighted by atomic mass is 16.5. The smallest absolute Gasteiger partial charge is 0.355 e. The summed E-state index contributed by atoms with van der Waals surface area (Å²) in [7, 11) is 1.23. The first-order valence-corrected chi connectivity index (χ1v) is 7.85. The molecule has 0 saturated carbocycles. The Morgan fingerprint density at radius 2 is 1.64 bits per heavy atom. The van der Waals surface area contributed by atoms with Crippen LogP contribution in [0.1, 0.15) is 36.8 Å². The molecule has 0 aliphatic heterocycles. The van der Waals surface area contributed by atoms with Gasteiger partial charge in [-0.25, -0.2) is 18.9 Å². The number of hydrogen-bond donors (Lipinski definition) is 3.